The molecule has 0 aliphatic carbocycles. The Hall–Kier alpha value is -1.20. The minimum absolute atomic E-state index is 0.0585. The largest absolute Gasteiger partial charge is 0.390 e. The van der Waals surface area contributed by atoms with Gasteiger partial charge in [-0.25, -0.2) is 8.78 Å². The molecule has 2 atom stereocenters. The zero-order valence-corrected chi connectivity index (χ0v) is 12.8. The first kappa shape index (κ1) is 16.2. The van der Waals surface area contributed by atoms with Gasteiger partial charge in [0.15, 0.2) is 0 Å². The minimum Gasteiger partial charge on any atom is -0.390 e. The summed E-state index contributed by atoms with van der Waals surface area (Å²) in [7, 11) is 0. The normalized spacial score (nSPS) is 26.0. The number of hydrogen-bond acceptors (Lipinski definition) is 2. The van der Waals surface area contributed by atoms with Crippen molar-refractivity contribution in [2.24, 2.45) is 5.92 Å². The van der Waals surface area contributed by atoms with Crippen LogP contribution in [0, 0.1) is 17.6 Å². The molecule has 0 bridgehead atoms. The third-order valence-electron chi connectivity index (χ3n) is 4.25. The lowest BCUT2D eigenvalue weighted by Crippen LogP contribution is -2.51. The van der Waals surface area contributed by atoms with Crippen LogP contribution in [0.4, 0.5) is 8.78 Å². The summed E-state index contributed by atoms with van der Waals surface area (Å²) in [5, 5.41) is 9.50. The summed E-state index contributed by atoms with van der Waals surface area (Å²) in [5.74, 6) is -2.04. The Morgan fingerprint density at radius 3 is 2.81 bits per heavy atom. The molecular formula is C15H18ClF2NO2. The Bertz CT molecular complexity index is 563. The predicted molar refractivity (Wildman–Crippen MR) is 76.1 cm³/mol. The lowest BCUT2D eigenvalue weighted by Gasteiger charge is -2.41. The van der Waals surface area contributed by atoms with Crippen LogP contribution in [-0.2, 0) is 11.2 Å². The maximum absolute atomic E-state index is 13.8. The molecule has 1 fully saturated rings. The molecule has 2 rings (SSSR count). The van der Waals surface area contributed by atoms with Crippen LogP contribution in [0.5, 0.6) is 0 Å². The van der Waals surface area contributed by atoms with Crippen molar-refractivity contribution in [1.82, 2.24) is 4.90 Å². The van der Waals surface area contributed by atoms with Gasteiger partial charge in [0.25, 0.3) is 0 Å². The van der Waals surface area contributed by atoms with Gasteiger partial charge in [0.1, 0.15) is 16.7 Å². The van der Waals surface area contributed by atoms with Crippen LogP contribution in [0.2, 0.25) is 5.02 Å². The summed E-state index contributed by atoms with van der Waals surface area (Å²) < 4.78 is 26.9. The van der Waals surface area contributed by atoms with E-state index in [1.807, 2.05) is 6.92 Å². The monoisotopic (exact) mass is 317 g/mol. The Balaban J connectivity index is 2.08. The number of aliphatic hydroxyl groups is 1. The number of likely N-dealkylation sites (tertiary alicyclic amines) is 1. The van der Waals surface area contributed by atoms with Crippen LogP contribution in [-0.4, -0.2) is 34.6 Å². The van der Waals surface area contributed by atoms with Crippen LogP contribution in [0.1, 0.15) is 25.8 Å². The highest BCUT2D eigenvalue weighted by Crippen LogP contribution is 2.28. The highest BCUT2D eigenvalue weighted by molar-refractivity contribution is 6.31. The molecule has 6 heteroatoms. The average molecular weight is 318 g/mol. The number of halogens is 3. The lowest BCUT2D eigenvalue weighted by atomic mass is 9.84. The molecule has 1 N–H and O–H groups in total. The van der Waals surface area contributed by atoms with Crippen LogP contribution in [0.25, 0.3) is 0 Å². The van der Waals surface area contributed by atoms with E-state index in [-0.39, 0.29) is 23.8 Å². The van der Waals surface area contributed by atoms with Gasteiger partial charge in [0.2, 0.25) is 5.91 Å². The zero-order valence-electron chi connectivity index (χ0n) is 12.0. The van der Waals surface area contributed by atoms with Gasteiger partial charge in [-0.3, -0.25) is 4.79 Å². The second-order valence-corrected chi connectivity index (χ2v) is 6.24. The van der Waals surface area contributed by atoms with Crippen LogP contribution in [0.3, 0.4) is 0 Å². The van der Waals surface area contributed by atoms with Gasteiger partial charge in [0.05, 0.1) is 12.0 Å². The van der Waals surface area contributed by atoms with E-state index in [0.29, 0.717) is 19.5 Å². The molecule has 21 heavy (non-hydrogen) atoms. The molecule has 0 radical (unpaired) electrons. The molecule has 1 aliphatic rings. The van der Waals surface area contributed by atoms with Crippen LogP contribution >= 0.6 is 11.6 Å². The lowest BCUT2D eigenvalue weighted by molar-refractivity contribution is -0.137. The fraction of sp³-hybridized carbons (Fsp3) is 0.533. The van der Waals surface area contributed by atoms with Gasteiger partial charge in [-0.2, -0.15) is 0 Å². The fourth-order valence-electron chi connectivity index (χ4n) is 2.43. The van der Waals surface area contributed by atoms with Gasteiger partial charge in [-0.05, 0) is 25.0 Å². The van der Waals surface area contributed by atoms with E-state index in [1.54, 1.807) is 11.8 Å². The molecule has 1 aromatic rings. The van der Waals surface area contributed by atoms with E-state index in [1.165, 1.54) is 6.07 Å². The Morgan fingerprint density at radius 1 is 1.52 bits per heavy atom. The second-order valence-electron chi connectivity index (χ2n) is 5.86. The number of nitrogens with zero attached hydrogens (tertiary/aromatic N) is 1. The standard InChI is InChI=1S/C15H18ClF2NO2/c1-9-8-19(6-5-15(9,2)21)12(20)7-10-3-4-11(17)13(16)14(10)18/h3-4,9,21H,5-8H2,1-2H3/t9-,15+/m1/s1. The molecule has 1 aliphatic heterocycles. The van der Waals surface area contributed by atoms with Crippen molar-refractivity contribution >= 4 is 17.5 Å². The Labute approximate surface area is 127 Å². The first-order valence-electron chi connectivity index (χ1n) is 6.85. The average Bonchev–Trinajstić information content (AvgIpc) is 2.42. The molecule has 0 unspecified atom stereocenters. The topological polar surface area (TPSA) is 40.5 Å². The van der Waals surface area contributed by atoms with Crippen LogP contribution in [0.15, 0.2) is 12.1 Å². The van der Waals surface area contributed by atoms with Gasteiger partial charge >= 0.3 is 0 Å². The number of carbonyl (C=O) groups excluding carboxylic acids is 1. The summed E-state index contributed by atoms with van der Waals surface area (Å²) >= 11 is 5.50. The van der Waals surface area contributed by atoms with Gasteiger partial charge in [-0.1, -0.05) is 24.6 Å². The third kappa shape index (κ3) is 3.35. The van der Waals surface area contributed by atoms with Gasteiger partial charge < -0.3 is 10.0 Å². The van der Waals surface area contributed by atoms with Crippen molar-refractivity contribution in [2.45, 2.75) is 32.3 Å². The van der Waals surface area contributed by atoms with E-state index in [0.717, 1.165) is 6.07 Å². The highest BCUT2D eigenvalue weighted by Gasteiger charge is 2.36. The molecular weight excluding hydrogens is 300 g/mol. The molecule has 1 heterocycles. The molecule has 1 amide bonds. The smallest absolute Gasteiger partial charge is 0.227 e. The number of rotatable bonds is 2. The van der Waals surface area contributed by atoms with E-state index in [4.69, 9.17) is 11.6 Å². The molecule has 1 saturated heterocycles. The Morgan fingerprint density at radius 2 is 2.19 bits per heavy atom. The maximum atomic E-state index is 13.8. The number of piperidine rings is 1. The van der Waals surface area contributed by atoms with Gasteiger partial charge in [-0.15, -0.1) is 0 Å². The van der Waals surface area contributed by atoms with Crippen molar-refractivity contribution in [3.8, 4) is 0 Å². The van der Waals surface area contributed by atoms with Crippen molar-refractivity contribution in [2.75, 3.05) is 13.1 Å². The molecule has 0 saturated carbocycles. The third-order valence-corrected chi connectivity index (χ3v) is 4.60. The molecule has 0 spiro atoms. The second kappa shape index (κ2) is 5.89. The predicted octanol–water partition coefficient (Wildman–Crippen LogP) is 2.78. The number of carbonyl (C=O) groups is 1. The van der Waals surface area contributed by atoms with E-state index >= 15 is 0 Å². The molecule has 0 aromatic heterocycles. The summed E-state index contributed by atoms with van der Waals surface area (Å²) in [6.45, 7) is 4.46. The minimum atomic E-state index is -0.887. The van der Waals surface area contributed by atoms with Crippen LogP contribution < -0.4 is 0 Å². The number of hydrogen-bond donors (Lipinski definition) is 1. The van der Waals surface area contributed by atoms with E-state index < -0.39 is 22.3 Å². The number of benzene rings is 1. The maximum Gasteiger partial charge on any atom is 0.227 e. The summed E-state index contributed by atoms with van der Waals surface area (Å²) in [6, 6.07) is 2.29. The fourth-order valence-corrected chi connectivity index (χ4v) is 2.61. The first-order chi connectivity index (χ1) is 9.72. The molecule has 3 nitrogen and oxygen atoms in total. The summed E-state index contributed by atoms with van der Waals surface area (Å²) in [6.07, 6.45) is 0.313. The highest BCUT2D eigenvalue weighted by atomic mass is 35.5. The quantitative estimate of drug-likeness (QED) is 0.852. The van der Waals surface area contributed by atoms with E-state index in [2.05, 4.69) is 0 Å². The van der Waals surface area contributed by atoms with Crippen molar-refractivity contribution in [3.05, 3.63) is 34.4 Å². The summed E-state index contributed by atoms with van der Waals surface area (Å²) in [4.78, 5) is 13.8. The van der Waals surface area contributed by atoms with Crippen molar-refractivity contribution in [3.63, 3.8) is 0 Å². The summed E-state index contributed by atoms with van der Waals surface area (Å²) in [5.41, 5.74) is -0.710. The molecule has 116 valence electrons. The van der Waals surface area contributed by atoms with Crippen molar-refractivity contribution in [1.29, 1.82) is 0 Å². The van der Waals surface area contributed by atoms with Crippen molar-refractivity contribution < 1.29 is 18.7 Å². The zero-order chi connectivity index (χ0) is 15.8. The molecule has 1 aromatic carbocycles. The Kier molecular flexibility index (Phi) is 4.54. The van der Waals surface area contributed by atoms with E-state index in [9.17, 15) is 18.7 Å². The van der Waals surface area contributed by atoms with Gasteiger partial charge in [0, 0.05) is 19.0 Å². The SMILES string of the molecule is C[C@@H]1CN(C(=O)Cc2ccc(F)c(Cl)c2F)CC[C@]1(C)O. The first-order valence-corrected chi connectivity index (χ1v) is 7.22. The number of amides is 1.